The largest absolute Gasteiger partial charge is 0.455 e. The highest BCUT2D eigenvalue weighted by Crippen LogP contribution is 2.41. The quantitative estimate of drug-likeness (QED) is 0.879. The molecule has 0 amide bonds. The lowest BCUT2D eigenvalue weighted by Crippen LogP contribution is -2.61. The summed E-state index contributed by atoms with van der Waals surface area (Å²) >= 11 is 0. The number of nitrogens with zero attached hydrogens (tertiary/aromatic N) is 3. The molecule has 0 unspecified atom stereocenters. The van der Waals surface area contributed by atoms with Crippen LogP contribution in [-0.4, -0.2) is 47.7 Å². The van der Waals surface area contributed by atoms with E-state index in [1.54, 1.807) is 0 Å². The van der Waals surface area contributed by atoms with Gasteiger partial charge in [0.2, 0.25) is 0 Å². The molecule has 23 heavy (non-hydrogen) atoms. The smallest absolute Gasteiger partial charge is 0.291 e. The lowest BCUT2D eigenvalue weighted by molar-refractivity contribution is -0.0829. The first-order valence-corrected chi connectivity index (χ1v) is 8.39. The van der Waals surface area contributed by atoms with Gasteiger partial charge in [-0.2, -0.15) is 0 Å². The summed E-state index contributed by atoms with van der Waals surface area (Å²) in [6.45, 7) is 4.20. The van der Waals surface area contributed by atoms with Gasteiger partial charge in [0, 0.05) is 24.0 Å². The molecule has 1 N–H and O–H groups in total. The summed E-state index contributed by atoms with van der Waals surface area (Å²) in [5.74, 6) is 1.45. The van der Waals surface area contributed by atoms with E-state index in [1.165, 1.54) is 31.3 Å². The van der Waals surface area contributed by atoms with Gasteiger partial charge in [0.1, 0.15) is 11.4 Å². The highest BCUT2D eigenvalue weighted by molar-refractivity contribution is 6.00. The topological polar surface area (TPSA) is 49.8 Å². The zero-order chi connectivity index (χ0) is 15.3. The minimum absolute atomic E-state index is 0.108. The summed E-state index contributed by atoms with van der Waals surface area (Å²) in [5, 5.41) is 5.57. The van der Waals surface area contributed by atoms with Gasteiger partial charge in [-0.3, -0.25) is 10.2 Å². The summed E-state index contributed by atoms with van der Waals surface area (Å²) in [6, 6.07) is 10.9. The normalized spacial score (nSPS) is 32.1. The van der Waals surface area contributed by atoms with Gasteiger partial charge < -0.3 is 4.74 Å². The standard InChI is InChI=1S/C18H20N4O/c1-2-4-15-13(3-1)5-8-19-16(15)21-17-20-11-18(23-17)12-22-9-6-14(18)7-10-22/h1-5,8,14H,6-7,9-12H2,(H,19,20,21)/t18-/m0/s1. The fraction of sp³-hybridized carbons (Fsp3) is 0.444. The molecule has 2 bridgehead atoms. The van der Waals surface area contributed by atoms with E-state index in [1.807, 2.05) is 24.4 Å². The summed E-state index contributed by atoms with van der Waals surface area (Å²) in [6.07, 6.45) is 4.29. The molecule has 1 spiro atoms. The van der Waals surface area contributed by atoms with Crippen LogP contribution in [0.1, 0.15) is 12.8 Å². The second-order valence-electron chi connectivity index (χ2n) is 6.84. The maximum absolute atomic E-state index is 6.33. The van der Waals surface area contributed by atoms with E-state index in [9.17, 15) is 0 Å². The Morgan fingerprint density at radius 2 is 2.04 bits per heavy atom. The van der Waals surface area contributed by atoms with E-state index in [0.717, 1.165) is 24.3 Å². The number of aromatic nitrogens is 1. The van der Waals surface area contributed by atoms with E-state index < -0.39 is 0 Å². The van der Waals surface area contributed by atoms with Crippen molar-refractivity contribution in [2.45, 2.75) is 18.4 Å². The van der Waals surface area contributed by atoms with Crippen molar-refractivity contribution in [2.75, 3.05) is 31.5 Å². The van der Waals surface area contributed by atoms with Gasteiger partial charge >= 0.3 is 0 Å². The number of pyridine rings is 1. The van der Waals surface area contributed by atoms with Gasteiger partial charge in [-0.1, -0.05) is 24.3 Å². The van der Waals surface area contributed by atoms with Gasteiger partial charge in [0.15, 0.2) is 0 Å². The number of fused-ring (bicyclic) bond motifs is 3. The van der Waals surface area contributed by atoms with E-state index in [2.05, 4.69) is 32.3 Å². The van der Waals surface area contributed by atoms with Gasteiger partial charge in [-0.05, 0) is 37.4 Å². The predicted octanol–water partition coefficient (Wildman–Crippen LogP) is 2.50. The number of aliphatic imine (C=N–C) groups is 1. The molecule has 4 aliphatic heterocycles. The van der Waals surface area contributed by atoms with Gasteiger partial charge in [-0.25, -0.2) is 9.98 Å². The molecule has 5 nitrogen and oxygen atoms in total. The van der Waals surface area contributed by atoms with Crippen molar-refractivity contribution in [3.05, 3.63) is 36.5 Å². The minimum Gasteiger partial charge on any atom is -0.455 e. The Morgan fingerprint density at radius 1 is 1.17 bits per heavy atom. The van der Waals surface area contributed by atoms with Crippen LogP contribution in [0.5, 0.6) is 0 Å². The maximum atomic E-state index is 6.33. The second-order valence-corrected chi connectivity index (χ2v) is 6.84. The van der Waals surface area contributed by atoms with Gasteiger partial charge in [0.25, 0.3) is 6.02 Å². The van der Waals surface area contributed by atoms with Crippen molar-refractivity contribution in [3.63, 3.8) is 0 Å². The molecule has 0 aliphatic carbocycles. The number of piperidine rings is 3. The maximum Gasteiger partial charge on any atom is 0.291 e. The lowest BCUT2D eigenvalue weighted by atomic mass is 9.75. The summed E-state index contributed by atoms with van der Waals surface area (Å²) in [7, 11) is 0. The van der Waals surface area contributed by atoms with Crippen molar-refractivity contribution in [2.24, 2.45) is 10.9 Å². The number of rotatable bonds is 1. The van der Waals surface area contributed by atoms with E-state index in [-0.39, 0.29) is 5.60 Å². The highest BCUT2D eigenvalue weighted by atomic mass is 16.5. The molecule has 3 fully saturated rings. The minimum atomic E-state index is -0.108. The molecule has 0 saturated carbocycles. The molecule has 1 aromatic heterocycles. The summed E-state index contributed by atoms with van der Waals surface area (Å²) in [4.78, 5) is 11.6. The van der Waals surface area contributed by atoms with E-state index >= 15 is 0 Å². The monoisotopic (exact) mass is 308 g/mol. The number of amidine groups is 1. The third kappa shape index (κ3) is 2.10. The van der Waals surface area contributed by atoms with Crippen molar-refractivity contribution in [1.82, 2.24) is 9.88 Å². The van der Waals surface area contributed by atoms with Crippen LogP contribution in [0.25, 0.3) is 10.8 Å². The number of hydrogen-bond donors (Lipinski definition) is 1. The first kappa shape index (κ1) is 13.3. The molecule has 5 heterocycles. The molecule has 118 valence electrons. The van der Waals surface area contributed by atoms with Gasteiger partial charge in [0.05, 0.1) is 6.54 Å². The van der Waals surface area contributed by atoms with Crippen LogP contribution in [-0.2, 0) is 4.74 Å². The molecular formula is C18H20N4O. The van der Waals surface area contributed by atoms with Crippen LogP contribution in [0.15, 0.2) is 41.5 Å². The summed E-state index contributed by atoms with van der Waals surface area (Å²) < 4.78 is 6.33. The highest BCUT2D eigenvalue weighted by Gasteiger charge is 2.51. The van der Waals surface area contributed by atoms with Crippen molar-refractivity contribution < 1.29 is 4.74 Å². The van der Waals surface area contributed by atoms with Crippen LogP contribution in [0.3, 0.4) is 0 Å². The Kier molecular flexibility index (Phi) is 2.85. The average molecular weight is 308 g/mol. The molecule has 1 atom stereocenters. The Labute approximate surface area is 135 Å². The number of nitrogens with one attached hydrogen (secondary N) is 1. The molecule has 2 aromatic rings. The van der Waals surface area contributed by atoms with Crippen LogP contribution in [0.4, 0.5) is 5.82 Å². The number of ether oxygens (including phenoxy) is 1. The molecular weight excluding hydrogens is 288 g/mol. The van der Waals surface area contributed by atoms with E-state index in [4.69, 9.17) is 4.74 Å². The molecule has 5 heteroatoms. The van der Waals surface area contributed by atoms with Crippen LogP contribution in [0.2, 0.25) is 0 Å². The number of benzene rings is 1. The van der Waals surface area contributed by atoms with Crippen LogP contribution < -0.4 is 5.32 Å². The third-order valence-corrected chi connectivity index (χ3v) is 5.51. The fourth-order valence-electron chi connectivity index (χ4n) is 4.27. The van der Waals surface area contributed by atoms with Crippen LogP contribution in [0, 0.1) is 5.92 Å². The number of hydrogen-bond acceptors (Lipinski definition) is 5. The molecule has 4 aliphatic rings. The Hall–Kier alpha value is -2.14. The predicted molar refractivity (Wildman–Crippen MR) is 90.6 cm³/mol. The Bertz CT molecular complexity index is 776. The Balaban J connectivity index is 1.40. The molecule has 6 rings (SSSR count). The third-order valence-electron chi connectivity index (χ3n) is 5.51. The molecule has 1 aromatic carbocycles. The SMILES string of the molecule is c1ccc2c(NC3=NC[C@@]4(CN5CCC4CC5)O3)nccc2c1. The second kappa shape index (κ2) is 4.93. The van der Waals surface area contributed by atoms with Crippen LogP contribution >= 0.6 is 0 Å². The van der Waals surface area contributed by atoms with Crippen molar-refractivity contribution >= 4 is 22.6 Å². The Morgan fingerprint density at radius 3 is 2.87 bits per heavy atom. The zero-order valence-corrected chi connectivity index (χ0v) is 13.0. The fourth-order valence-corrected chi connectivity index (χ4v) is 4.27. The lowest BCUT2D eigenvalue weighted by Gasteiger charge is -2.50. The number of anilines is 1. The molecule has 0 radical (unpaired) electrons. The zero-order valence-electron chi connectivity index (χ0n) is 13.0. The first-order chi connectivity index (χ1) is 11.3. The van der Waals surface area contributed by atoms with Crippen molar-refractivity contribution in [3.8, 4) is 0 Å². The van der Waals surface area contributed by atoms with E-state index in [0.29, 0.717) is 11.9 Å². The molecule has 3 saturated heterocycles. The summed E-state index contributed by atoms with van der Waals surface area (Å²) in [5.41, 5.74) is -0.108. The first-order valence-electron chi connectivity index (χ1n) is 8.39. The van der Waals surface area contributed by atoms with Crippen molar-refractivity contribution in [1.29, 1.82) is 0 Å². The van der Waals surface area contributed by atoms with Gasteiger partial charge in [-0.15, -0.1) is 0 Å². The average Bonchev–Trinajstić information content (AvgIpc) is 2.98.